The zero-order valence-corrected chi connectivity index (χ0v) is 18.5. The third-order valence-electron chi connectivity index (χ3n) is 5.25. The molecule has 0 saturated heterocycles. The second-order valence-corrected chi connectivity index (χ2v) is 8.82. The minimum atomic E-state index is -0.137. The minimum absolute atomic E-state index is 0.0375. The van der Waals surface area contributed by atoms with Crippen molar-refractivity contribution in [3.05, 3.63) is 0 Å². The molecular weight excluding hydrogens is 370 g/mol. The lowest BCUT2D eigenvalue weighted by Gasteiger charge is -2.29. The summed E-state index contributed by atoms with van der Waals surface area (Å²) in [6, 6.07) is 0.136. The van der Waals surface area contributed by atoms with E-state index >= 15 is 0 Å². The molecule has 0 spiro atoms. The Morgan fingerprint density at radius 2 is 1.38 bits per heavy atom. The molecular formula is C22H39N3O4. The van der Waals surface area contributed by atoms with Gasteiger partial charge in [0, 0.05) is 50.2 Å². The molecule has 166 valence electrons. The molecule has 0 aromatic heterocycles. The maximum absolute atomic E-state index is 12.1. The number of hydrogen-bond acceptors (Lipinski definition) is 4. The Hall–Kier alpha value is -1.92. The third kappa shape index (κ3) is 11.0. The van der Waals surface area contributed by atoms with Crippen molar-refractivity contribution >= 4 is 23.5 Å². The van der Waals surface area contributed by atoms with E-state index in [4.69, 9.17) is 0 Å². The molecule has 1 fully saturated rings. The van der Waals surface area contributed by atoms with Crippen LogP contribution in [0.5, 0.6) is 0 Å². The van der Waals surface area contributed by atoms with Crippen molar-refractivity contribution in [3.63, 3.8) is 0 Å². The molecule has 3 amide bonds. The molecule has 0 atom stereocenters. The molecule has 1 rings (SSSR count). The van der Waals surface area contributed by atoms with Gasteiger partial charge in [0.1, 0.15) is 5.78 Å². The highest BCUT2D eigenvalue weighted by Gasteiger charge is 2.28. The van der Waals surface area contributed by atoms with Crippen LogP contribution in [-0.2, 0) is 19.2 Å². The fourth-order valence-corrected chi connectivity index (χ4v) is 3.51. The number of carbonyl (C=O) groups is 4. The van der Waals surface area contributed by atoms with Crippen molar-refractivity contribution in [2.45, 2.75) is 85.1 Å². The monoisotopic (exact) mass is 409 g/mol. The molecule has 3 N–H and O–H groups in total. The van der Waals surface area contributed by atoms with Crippen LogP contribution in [0.3, 0.4) is 0 Å². The van der Waals surface area contributed by atoms with Crippen LogP contribution in [0.15, 0.2) is 0 Å². The maximum Gasteiger partial charge on any atom is 0.221 e. The zero-order chi connectivity index (χ0) is 21.8. The quantitative estimate of drug-likeness (QED) is 0.460. The summed E-state index contributed by atoms with van der Waals surface area (Å²) in [5.41, 5.74) is 0. The lowest BCUT2D eigenvalue weighted by atomic mass is 9.80. The molecule has 0 unspecified atom stereocenters. The SMILES string of the molecule is CC(C)CNC(=O)CCNC(=O)CCCC(=O)N[C@H]1CC[C@@H](C(=O)C(C)C)CC1. The second-order valence-electron chi connectivity index (χ2n) is 8.82. The smallest absolute Gasteiger partial charge is 0.221 e. The molecule has 1 aliphatic rings. The van der Waals surface area contributed by atoms with Crippen LogP contribution in [0.4, 0.5) is 0 Å². The van der Waals surface area contributed by atoms with Gasteiger partial charge < -0.3 is 16.0 Å². The van der Waals surface area contributed by atoms with E-state index < -0.39 is 0 Å². The zero-order valence-electron chi connectivity index (χ0n) is 18.5. The molecule has 7 nitrogen and oxygen atoms in total. The van der Waals surface area contributed by atoms with Gasteiger partial charge in [-0.05, 0) is 38.0 Å². The van der Waals surface area contributed by atoms with Gasteiger partial charge in [-0.15, -0.1) is 0 Å². The number of hydrogen-bond donors (Lipinski definition) is 3. The highest BCUT2D eigenvalue weighted by Crippen LogP contribution is 2.27. The highest BCUT2D eigenvalue weighted by molar-refractivity contribution is 5.83. The van der Waals surface area contributed by atoms with Gasteiger partial charge in [-0.2, -0.15) is 0 Å². The number of carbonyl (C=O) groups excluding carboxylic acids is 4. The van der Waals surface area contributed by atoms with Crippen molar-refractivity contribution < 1.29 is 19.2 Å². The van der Waals surface area contributed by atoms with E-state index in [9.17, 15) is 19.2 Å². The van der Waals surface area contributed by atoms with Crippen LogP contribution >= 0.6 is 0 Å². The average Bonchev–Trinajstić information content (AvgIpc) is 2.66. The molecule has 0 heterocycles. The topological polar surface area (TPSA) is 104 Å². The number of rotatable bonds is 12. The largest absolute Gasteiger partial charge is 0.356 e. The van der Waals surface area contributed by atoms with Crippen LogP contribution in [0.1, 0.15) is 79.1 Å². The Balaban J connectivity index is 2.10. The van der Waals surface area contributed by atoms with E-state index in [1.807, 2.05) is 27.7 Å². The Kier molecular flexibility index (Phi) is 11.5. The van der Waals surface area contributed by atoms with E-state index in [0.29, 0.717) is 37.6 Å². The fraction of sp³-hybridized carbons (Fsp3) is 0.818. The van der Waals surface area contributed by atoms with E-state index in [1.165, 1.54) is 0 Å². The summed E-state index contributed by atoms with van der Waals surface area (Å²) in [7, 11) is 0. The molecule has 0 bridgehead atoms. The van der Waals surface area contributed by atoms with E-state index in [1.54, 1.807) is 0 Å². The summed E-state index contributed by atoms with van der Waals surface area (Å²) < 4.78 is 0. The van der Waals surface area contributed by atoms with Crippen LogP contribution in [0, 0.1) is 17.8 Å². The van der Waals surface area contributed by atoms with Crippen molar-refractivity contribution in [1.82, 2.24) is 16.0 Å². The van der Waals surface area contributed by atoms with Gasteiger partial charge in [0.25, 0.3) is 0 Å². The standard InChI is InChI=1S/C22H39N3O4/c1-15(2)14-24-20(27)12-13-23-19(26)6-5-7-21(28)25-18-10-8-17(9-11-18)22(29)16(3)4/h15-18H,5-14H2,1-4H3,(H,23,26)(H,24,27)(H,25,28)/t17-,18+. The second kappa shape index (κ2) is 13.3. The van der Waals surface area contributed by atoms with E-state index in [0.717, 1.165) is 25.7 Å². The Labute approximate surface area is 175 Å². The summed E-state index contributed by atoms with van der Waals surface area (Å²) in [6.45, 7) is 8.88. The minimum Gasteiger partial charge on any atom is -0.356 e. The molecule has 1 aliphatic carbocycles. The van der Waals surface area contributed by atoms with Crippen LogP contribution in [-0.4, -0.2) is 42.6 Å². The normalized spacial score (nSPS) is 19.1. The van der Waals surface area contributed by atoms with Crippen LogP contribution < -0.4 is 16.0 Å². The summed E-state index contributed by atoms with van der Waals surface area (Å²) in [4.78, 5) is 47.5. The first kappa shape index (κ1) is 25.1. The molecule has 0 aromatic rings. The summed E-state index contributed by atoms with van der Waals surface area (Å²) in [5.74, 6) is 0.705. The predicted molar refractivity (Wildman–Crippen MR) is 113 cm³/mol. The summed E-state index contributed by atoms with van der Waals surface area (Å²) in [5, 5.41) is 8.55. The van der Waals surface area contributed by atoms with Crippen molar-refractivity contribution in [3.8, 4) is 0 Å². The number of ketones is 1. The maximum atomic E-state index is 12.1. The number of Topliss-reactive ketones (excluding diaryl/α,β-unsaturated/α-hetero) is 1. The molecule has 0 radical (unpaired) electrons. The van der Waals surface area contributed by atoms with Gasteiger partial charge in [0.2, 0.25) is 17.7 Å². The highest BCUT2D eigenvalue weighted by atomic mass is 16.2. The molecule has 29 heavy (non-hydrogen) atoms. The lowest BCUT2D eigenvalue weighted by molar-refractivity contribution is -0.127. The van der Waals surface area contributed by atoms with Crippen molar-refractivity contribution in [1.29, 1.82) is 0 Å². The average molecular weight is 410 g/mol. The van der Waals surface area contributed by atoms with Gasteiger partial charge in [-0.3, -0.25) is 19.2 Å². The van der Waals surface area contributed by atoms with Crippen LogP contribution in [0.25, 0.3) is 0 Å². The number of nitrogens with one attached hydrogen (secondary N) is 3. The molecule has 7 heteroatoms. The van der Waals surface area contributed by atoms with Gasteiger partial charge >= 0.3 is 0 Å². The van der Waals surface area contributed by atoms with E-state index in [2.05, 4.69) is 16.0 Å². The first-order valence-electron chi connectivity index (χ1n) is 11.1. The molecule has 0 aliphatic heterocycles. The van der Waals surface area contributed by atoms with E-state index in [-0.39, 0.29) is 48.4 Å². The number of amides is 3. The van der Waals surface area contributed by atoms with Gasteiger partial charge in [0.05, 0.1) is 0 Å². The fourth-order valence-electron chi connectivity index (χ4n) is 3.51. The predicted octanol–water partition coefficient (Wildman–Crippen LogP) is 2.34. The van der Waals surface area contributed by atoms with Gasteiger partial charge in [0.15, 0.2) is 0 Å². The van der Waals surface area contributed by atoms with Gasteiger partial charge in [-0.25, -0.2) is 0 Å². The van der Waals surface area contributed by atoms with Gasteiger partial charge in [-0.1, -0.05) is 27.7 Å². The first-order valence-corrected chi connectivity index (χ1v) is 11.1. The van der Waals surface area contributed by atoms with Crippen molar-refractivity contribution in [2.75, 3.05) is 13.1 Å². The third-order valence-corrected chi connectivity index (χ3v) is 5.25. The van der Waals surface area contributed by atoms with Crippen LogP contribution in [0.2, 0.25) is 0 Å². The Morgan fingerprint density at radius 1 is 0.793 bits per heavy atom. The summed E-state index contributed by atoms with van der Waals surface area (Å²) >= 11 is 0. The first-order chi connectivity index (χ1) is 13.7. The van der Waals surface area contributed by atoms with Crippen molar-refractivity contribution in [2.24, 2.45) is 17.8 Å². The molecule has 1 saturated carbocycles. The lowest BCUT2D eigenvalue weighted by Crippen LogP contribution is -2.39. The Bertz CT molecular complexity index is 552. The summed E-state index contributed by atoms with van der Waals surface area (Å²) in [6.07, 6.45) is 4.70. The molecule has 0 aromatic carbocycles. The Morgan fingerprint density at radius 3 is 1.97 bits per heavy atom.